The molecule has 1 atom stereocenters. The second-order valence-corrected chi connectivity index (χ2v) is 3.95. The zero-order chi connectivity index (χ0) is 10.3. The van der Waals surface area contributed by atoms with Gasteiger partial charge in [-0.1, -0.05) is 0 Å². The minimum absolute atomic E-state index is 0.00403. The van der Waals surface area contributed by atoms with Gasteiger partial charge < -0.3 is 10.2 Å². The molecule has 5 nitrogen and oxygen atoms in total. The third kappa shape index (κ3) is 1.04. The first kappa shape index (κ1) is 9.14. The van der Waals surface area contributed by atoms with Crippen molar-refractivity contribution in [1.82, 2.24) is 4.90 Å². The molecule has 2 aliphatic rings. The zero-order valence-corrected chi connectivity index (χ0v) is 7.82. The van der Waals surface area contributed by atoms with E-state index in [1.54, 1.807) is 0 Å². The summed E-state index contributed by atoms with van der Waals surface area (Å²) in [6, 6.07) is 0. The lowest BCUT2D eigenvalue weighted by atomic mass is 10.1. The molecule has 0 spiro atoms. The molecule has 0 aromatic heterocycles. The maximum Gasteiger partial charge on any atom is 0.352 e. The monoisotopic (exact) mass is 213 g/mol. The molecule has 6 heteroatoms. The minimum atomic E-state index is -1.11. The summed E-state index contributed by atoms with van der Waals surface area (Å²) in [5.74, 6) is -1.01. The van der Waals surface area contributed by atoms with Crippen molar-refractivity contribution in [3.8, 4) is 0 Å². The number of amides is 1. The van der Waals surface area contributed by atoms with Crippen LogP contribution in [0.4, 0.5) is 0 Å². The number of fused-ring (bicyclic) bond motifs is 1. The van der Waals surface area contributed by atoms with E-state index in [4.69, 9.17) is 10.2 Å². The molecule has 0 aromatic rings. The summed E-state index contributed by atoms with van der Waals surface area (Å²) >= 11 is 1.41. The molecule has 0 radical (unpaired) electrons. The SMILES string of the molecule is O=C(O)C1=CCS[C@H]2C(=CO)C(=O)N12. The standard InChI is InChI=1S/C8H7NO4S/c10-3-4-6(11)9-5(8(12)13)1-2-14-7(4)9/h1,3,7,10H,2H2,(H,12,13)/t7-/m0/s1. The quantitative estimate of drug-likeness (QED) is 0.372. The number of hydrogen-bond donors (Lipinski definition) is 2. The van der Waals surface area contributed by atoms with Gasteiger partial charge in [-0.2, -0.15) is 0 Å². The molecule has 0 unspecified atom stereocenters. The van der Waals surface area contributed by atoms with Crippen molar-refractivity contribution >= 4 is 23.6 Å². The zero-order valence-electron chi connectivity index (χ0n) is 7.01. The van der Waals surface area contributed by atoms with Gasteiger partial charge >= 0.3 is 5.97 Å². The van der Waals surface area contributed by atoms with E-state index in [2.05, 4.69) is 0 Å². The van der Waals surface area contributed by atoms with Gasteiger partial charge in [0, 0.05) is 5.75 Å². The highest BCUT2D eigenvalue weighted by Gasteiger charge is 2.47. The van der Waals surface area contributed by atoms with Crippen LogP contribution in [0.5, 0.6) is 0 Å². The number of carboxylic acids is 1. The van der Waals surface area contributed by atoms with Gasteiger partial charge in [-0.3, -0.25) is 9.69 Å². The van der Waals surface area contributed by atoms with Gasteiger partial charge in [-0.25, -0.2) is 4.79 Å². The van der Waals surface area contributed by atoms with Crippen LogP contribution in [0.25, 0.3) is 0 Å². The molecule has 14 heavy (non-hydrogen) atoms. The van der Waals surface area contributed by atoms with Crippen LogP contribution < -0.4 is 0 Å². The van der Waals surface area contributed by atoms with E-state index >= 15 is 0 Å². The van der Waals surface area contributed by atoms with Gasteiger partial charge in [0.2, 0.25) is 0 Å². The fourth-order valence-electron chi connectivity index (χ4n) is 1.45. The number of aliphatic hydroxyl groups is 1. The molecule has 1 saturated heterocycles. The maximum atomic E-state index is 11.3. The molecule has 74 valence electrons. The lowest BCUT2D eigenvalue weighted by Crippen LogP contribution is -2.55. The number of aliphatic hydroxyl groups excluding tert-OH is 1. The third-order valence-electron chi connectivity index (χ3n) is 2.11. The summed E-state index contributed by atoms with van der Waals surface area (Å²) in [7, 11) is 0. The second-order valence-electron chi connectivity index (χ2n) is 2.84. The van der Waals surface area contributed by atoms with E-state index in [0.717, 1.165) is 6.26 Å². The summed E-state index contributed by atoms with van der Waals surface area (Å²) < 4.78 is 0. The van der Waals surface area contributed by atoms with Crippen LogP contribution in [0.15, 0.2) is 23.6 Å². The lowest BCUT2D eigenvalue weighted by molar-refractivity contribution is -0.141. The predicted molar refractivity (Wildman–Crippen MR) is 49.5 cm³/mol. The number of hydrogen-bond acceptors (Lipinski definition) is 4. The molecule has 2 heterocycles. The van der Waals surface area contributed by atoms with Gasteiger partial charge in [-0.05, 0) is 6.08 Å². The highest BCUT2D eigenvalue weighted by molar-refractivity contribution is 8.00. The fourth-order valence-corrected chi connectivity index (χ4v) is 2.59. The fraction of sp³-hybridized carbons (Fsp3) is 0.250. The first-order valence-electron chi connectivity index (χ1n) is 3.89. The van der Waals surface area contributed by atoms with Gasteiger partial charge in [0.1, 0.15) is 11.1 Å². The topological polar surface area (TPSA) is 77.8 Å². The van der Waals surface area contributed by atoms with Crippen molar-refractivity contribution in [3.63, 3.8) is 0 Å². The van der Waals surface area contributed by atoms with Gasteiger partial charge in [-0.15, -0.1) is 11.8 Å². The highest BCUT2D eigenvalue weighted by atomic mass is 32.2. The summed E-state index contributed by atoms with van der Waals surface area (Å²) in [5.41, 5.74) is 0.270. The molecule has 0 aliphatic carbocycles. The summed E-state index contributed by atoms with van der Waals surface area (Å²) in [6.07, 6.45) is 2.25. The first-order valence-corrected chi connectivity index (χ1v) is 4.94. The average molecular weight is 213 g/mol. The van der Waals surface area contributed by atoms with E-state index in [1.807, 2.05) is 0 Å². The van der Waals surface area contributed by atoms with Gasteiger partial charge in [0.05, 0.1) is 11.8 Å². The van der Waals surface area contributed by atoms with Crippen LogP contribution in [0.1, 0.15) is 0 Å². The molecule has 2 N–H and O–H groups in total. The van der Waals surface area contributed by atoms with Gasteiger partial charge in [0.25, 0.3) is 5.91 Å². The molecule has 2 aliphatic heterocycles. The molecular formula is C8H7NO4S. The van der Waals surface area contributed by atoms with Crippen molar-refractivity contribution in [2.75, 3.05) is 5.75 Å². The van der Waals surface area contributed by atoms with Crippen molar-refractivity contribution in [2.45, 2.75) is 5.37 Å². The van der Waals surface area contributed by atoms with Crippen LogP contribution in [0, 0.1) is 0 Å². The third-order valence-corrected chi connectivity index (χ3v) is 3.25. The number of β-lactam (4-membered cyclic amide) rings is 1. The van der Waals surface area contributed by atoms with E-state index in [0.29, 0.717) is 5.75 Å². The molecule has 2 rings (SSSR count). The Kier molecular flexibility index (Phi) is 1.99. The van der Waals surface area contributed by atoms with Crippen LogP contribution in [0.3, 0.4) is 0 Å². The molecule has 0 aromatic carbocycles. The lowest BCUT2D eigenvalue weighted by Gasteiger charge is -2.43. The van der Waals surface area contributed by atoms with Crippen molar-refractivity contribution in [3.05, 3.63) is 23.6 Å². The molecule has 1 amide bonds. The van der Waals surface area contributed by atoms with E-state index in [1.165, 1.54) is 22.7 Å². The number of aliphatic carboxylic acids is 1. The Labute approximate surface area is 83.7 Å². The number of rotatable bonds is 1. The minimum Gasteiger partial charge on any atom is -0.515 e. The van der Waals surface area contributed by atoms with Gasteiger partial charge in [0.15, 0.2) is 0 Å². The number of carbonyl (C=O) groups excluding carboxylic acids is 1. The number of nitrogens with zero attached hydrogens (tertiary/aromatic N) is 1. The van der Waals surface area contributed by atoms with Crippen molar-refractivity contribution in [2.24, 2.45) is 0 Å². The van der Waals surface area contributed by atoms with Crippen molar-refractivity contribution in [1.29, 1.82) is 0 Å². The molecule has 1 fully saturated rings. The number of carboxylic acid groups (broad SMARTS) is 1. The highest BCUT2D eigenvalue weighted by Crippen LogP contribution is 2.40. The van der Waals surface area contributed by atoms with Crippen LogP contribution >= 0.6 is 11.8 Å². The second kappa shape index (κ2) is 3.06. The average Bonchev–Trinajstić information content (AvgIpc) is 2.16. The molecule has 0 bridgehead atoms. The molecule has 0 saturated carbocycles. The Balaban J connectivity index is 2.32. The smallest absolute Gasteiger partial charge is 0.352 e. The number of carbonyl (C=O) groups is 2. The largest absolute Gasteiger partial charge is 0.515 e. The van der Waals surface area contributed by atoms with E-state index in [-0.39, 0.29) is 16.6 Å². The Hall–Kier alpha value is -1.43. The first-order chi connectivity index (χ1) is 6.66. The Bertz CT molecular complexity index is 374. The predicted octanol–water partition coefficient (Wildman–Crippen LogP) is 0.312. The van der Waals surface area contributed by atoms with Crippen LogP contribution in [-0.2, 0) is 9.59 Å². The normalized spacial score (nSPS) is 28.1. The summed E-state index contributed by atoms with van der Waals surface area (Å²) in [4.78, 5) is 23.2. The number of thioether (sulfide) groups is 1. The maximum absolute atomic E-state index is 11.3. The van der Waals surface area contributed by atoms with E-state index < -0.39 is 11.9 Å². The Morgan fingerprint density at radius 2 is 2.43 bits per heavy atom. The van der Waals surface area contributed by atoms with Crippen LogP contribution in [0.2, 0.25) is 0 Å². The molecular weight excluding hydrogens is 206 g/mol. The van der Waals surface area contributed by atoms with E-state index in [9.17, 15) is 9.59 Å². The Morgan fingerprint density at radius 3 is 3.00 bits per heavy atom. The van der Waals surface area contributed by atoms with Crippen LogP contribution in [-0.4, -0.2) is 38.1 Å². The Morgan fingerprint density at radius 1 is 1.71 bits per heavy atom. The van der Waals surface area contributed by atoms with Crippen molar-refractivity contribution < 1.29 is 19.8 Å². The summed E-state index contributed by atoms with van der Waals surface area (Å²) in [5, 5.41) is 17.2. The summed E-state index contributed by atoms with van der Waals surface area (Å²) in [6.45, 7) is 0.